The van der Waals surface area contributed by atoms with Gasteiger partial charge in [-0.2, -0.15) is 0 Å². The number of aliphatic hydroxyl groups excluding tert-OH is 1. The van der Waals surface area contributed by atoms with Gasteiger partial charge in [-0.25, -0.2) is 9.67 Å². The maximum absolute atomic E-state index is 12.3. The van der Waals surface area contributed by atoms with Gasteiger partial charge in [0.15, 0.2) is 5.78 Å². The summed E-state index contributed by atoms with van der Waals surface area (Å²) < 4.78 is 7.40. The summed E-state index contributed by atoms with van der Waals surface area (Å²) >= 11 is 0. The zero-order valence-electron chi connectivity index (χ0n) is 16.2. The number of ether oxygens (including phenoxy) is 1. The van der Waals surface area contributed by atoms with Crippen LogP contribution in [0.25, 0.3) is 11.4 Å². The van der Waals surface area contributed by atoms with Crippen molar-refractivity contribution in [3.05, 3.63) is 54.0 Å². The van der Waals surface area contributed by atoms with Crippen molar-refractivity contribution in [1.29, 1.82) is 0 Å². The number of rotatable bonds is 8. The van der Waals surface area contributed by atoms with Gasteiger partial charge >= 0.3 is 0 Å². The number of pyridine rings is 2. The minimum absolute atomic E-state index is 0.0509. The third kappa shape index (κ3) is 4.58. The molecule has 3 rings (SSSR count). The van der Waals surface area contributed by atoms with Crippen molar-refractivity contribution < 1.29 is 14.6 Å². The first-order valence-electron chi connectivity index (χ1n) is 8.92. The topological polar surface area (TPSA) is 103 Å². The number of aliphatic hydroxyl groups is 1. The fraction of sp³-hybridized carbons (Fsp3) is 0.350. The second-order valence-electron chi connectivity index (χ2n) is 7.32. The molecule has 146 valence electrons. The number of ketones is 1. The van der Waals surface area contributed by atoms with Gasteiger partial charge in [0.25, 0.3) is 0 Å². The number of aromatic nitrogens is 5. The average molecular weight is 381 g/mol. The Balaban J connectivity index is 1.68. The number of nitrogens with zero attached hydrogens (tertiary/aromatic N) is 5. The molecule has 8 heteroatoms. The molecule has 0 fully saturated rings. The molecule has 3 aromatic heterocycles. The number of hydrogen-bond acceptors (Lipinski definition) is 7. The summed E-state index contributed by atoms with van der Waals surface area (Å²) in [5.41, 5.74) is 2.17. The second-order valence-corrected chi connectivity index (χ2v) is 7.32. The van der Waals surface area contributed by atoms with Crippen LogP contribution >= 0.6 is 0 Å². The number of aryl methyl sites for hydroxylation is 1. The van der Waals surface area contributed by atoms with Crippen molar-refractivity contribution >= 4 is 5.78 Å². The Kier molecular flexibility index (Phi) is 5.79. The Bertz CT molecular complexity index is 936. The first kappa shape index (κ1) is 19.6. The number of Topliss-reactive ketones (excluding diaryl/α,β-unsaturated/α-hetero) is 1. The van der Waals surface area contributed by atoms with E-state index in [0.717, 1.165) is 11.4 Å². The van der Waals surface area contributed by atoms with Gasteiger partial charge in [-0.1, -0.05) is 25.1 Å². The van der Waals surface area contributed by atoms with Crippen LogP contribution in [0.15, 0.2) is 42.7 Å². The summed E-state index contributed by atoms with van der Waals surface area (Å²) in [5, 5.41) is 17.5. The molecular weight excluding hydrogens is 358 g/mol. The second kappa shape index (κ2) is 8.26. The fourth-order valence-corrected chi connectivity index (χ4v) is 2.61. The van der Waals surface area contributed by atoms with E-state index in [1.807, 2.05) is 32.0 Å². The molecule has 3 aromatic rings. The van der Waals surface area contributed by atoms with Crippen LogP contribution in [-0.4, -0.2) is 42.5 Å². The SMILES string of the molecule is Cn1nnc(-c2ccccn2)c1COc1ccc(C(=O)CC(C)(C)CO)cn1. The van der Waals surface area contributed by atoms with Crippen molar-refractivity contribution in [2.75, 3.05) is 6.61 Å². The van der Waals surface area contributed by atoms with E-state index in [0.29, 0.717) is 17.1 Å². The highest BCUT2D eigenvalue weighted by Gasteiger charge is 2.22. The van der Waals surface area contributed by atoms with Crippen LogP contribution in [0.4, 0.5) is 0 Å². The fourth-order valence-electron chi connectivity index (χ4n) is 2.61. The third-order valence-electron chi connectivity index (χ3n) is 4.33. The highest BCUT2D eigenvalue weighted by molar-refractivity contribution is 5.96. The monoisotopic (exact) mass is 381 g/mol. The number of hydrogen-bond donors (Lipinski definition) is 1. The number of carbonyl (C=O) groups is 1. The van der Waals surface area contributed by atoms with Gasteiger partial charge in [0, 0.05) is 44.1 Å². The van der Waals surface area contributed by atoms with Crippen molar-refractivity contribution in [3.63, 3.8) is 0 Å². The molecule has 0 spiro atoms. The van der Waals surface area contributed by atoms with E-state index < -0.39 is 5.41 Å². The molecule has 0 atom stereocenters. The minimum Gasteiger partial charge on any atom is -0.471 e. The van der Waals surface area contributed by atoms with E-state index in [1.54, 1.807) is 30.1 Å². The molecule has 0 aliphatic heterocycles. The Morgan fingerprint density at radius 1 is 1.21 bits per heavy atom. The van der Waals surface area contributed by atoms with Crippen LogP contribution in [0.1, 0.15) is 36.3 Å². The van der Waals surface area contributed by atoms with E-state index in [9.17, 15) is 9.90 Å². The Hall–Kier alpha value is -3.13. The molecule has 1 N–H and O–H groups in total. The lowest BCUT2D eigenvalue weighted by atomic mass is 9.87. The lowest BCUT2D eigenvalue weighted by Crippen LogP contribution is -2.21. The summed E-state index contributed by atoms with van der Waals surface area (Å²) in [6.45, 7) is 3.85. The minimum atomic E-state index is -0.458. The van der Waals surface area contributed by atoms with Crippen LogP contribution in [0.5, 0.6) is 5.88 Å². The molecule has 0 amide bonds. The van der Waals surface area contributed by atoms with Gasteiger partial charge in [-0.05, 0) is 23.6 Å². The molecule has 0 aliphatic rings. The third-order valence-corrected chi connectivity index (χ3v) is 4.33. The smallest absolute Gasteiger partial charge is 0.213 e. The average Bonchev–Trinajstić information content (AvgIpc) is 3.07. The first-order valence-corrected chi connectivity index (χ1v) is 8.92. The van der Waals surface area contributed by atoms with Gasteiger partial charge in [-0.3, -0.25) is 9.78 Å². The molecule has 0 unspecified atom stereocenters. The van der Waals surface area contributed by atoms with Crippen LogP contribution in [-0.2, 0) is 13.7 Å². The van der Waals surface area contributed by atoms with Crippen LogP contribution in [0.2, 0.25) is 0 Å². The summed E-state index contributed by atoms with van der Waals surface area (Å²) in [4.78, 5) is 20.8. The maximum Gasteiger partial charge on any atom is 0.213 e. The molecule has 3 heterocycles. The van der Waals surface area contributed by atoms with E-state index in [4.69, 9.17) is 4.74 Å². The predicted molar refractivity (Wildman–Crippen MR) is 103 cm³/mol. The summed E-state index contributed by atoms with van der Waals surface area (Å²) in [7, 11) is 1.79. The summed E-state index contributed by atoms with van der Waals surface area (Å²) in [6, 6.07) is 8.92. The van der Waals surface area contributed by atoms with Crippen LogP contribution in [0, 0.1) is 5.41 Å². The highest BCUT2D eigenvalue weighted by atomic mass is 16.5. The molecule has 0 aromatic carbocycles. The lowest BCUT2D eigenvalue weighted by Gasteiger charge is -2.20. The standard InChI is InChI=1S/C20H23N5O3/c1-20(2,13-26)10-17(27)14-7-8-18(22-11-14)28-12-16-19(23-24-25(16)3)15-6-4-5-9-21-15/h4-9,11,26H,10,12-13H2,1-3H3. The van der Waals surface area contributed by atoms with Crippen molar-refractivity contribution in [2.45, 2.75) is 26.9 Å². The number of carbonyl (C=O) groups excluding carboxylic acids is 1. The highest BCUT2D eigenvalue weighted by Crippen LogP contribution is 2.23. The van der Waals surface area contributed by atoms with Gasteiger partial charge in [0.2, 0.25) is 5.88 Å². The molecule has 0 aliphatic carbocycles. The largest absolute Gasteiger partial charge is 0.471 e. The molecular formula is C20H23N5O3. The van der Waals surface area contributed by atoms with Gasteiger partial charge in [-0.15, -0.1) is 5.10 Å². The maximum atomic E-state index is 12.3. The molecule has 0 saturated heterocycles. The zero-order valence-corrected chi connectivity index (χ0v) is 16.2. The molecule has 0 saturated carbocycles. The predicted octanol–water partition coefficient (Wildman–Crippen LogP) is 2.44. The molecule has 0 bridgehead atoms. The Morgan fingerprint density at radius 3 is 2.68 bits per heavy atom. The van der Waals surface area contributed by atoms with Crippen molar-refractivity contribution in [2.24, 2.45) is 12.5 Å². The normalized spacial score (nSPS) is 11.4. The quantitative estimate of drug-likeness (QED) is 0.598. The van der Waals surface area contributed by atoms with Gasteiger partial charge in [0.1, 0.15) is 18.0 Å². The van der Waals surface area contributed by atoms with Crippen LogP contribution in [0.3, 0.4) is 0 Å². The van der Waals surface area contributed by atoms with Crippen molar-refractivity contribution in [3.8, 4) is 17.3 Å². The van der Waals surface area contributed by atoms with Crippen LogP contribution < -0.4 is 4.74 Å². The molecule has 8 nitrogen and oxygen atoms in total. The molecule has 28 heavy (non-hydrogen) atoms. The Morgan fingerprint density at radius 2 is 2.04 bits per heavy atom. The summed E-state index contributed by atoms with van der Waals surface area (Å²) in [5.74, 6) is 0.331. The zero-order chi connectivity index (χ0) is 20.1. The Labute approximate surface area is 163 Å². The van der Waals surface area contributed by atoms with Gasteiger partial charge < -0.3 is 9.84 Å². The van der Waals surface area contributed by atoms with Gasteiger partial charge in [0.05, 0.1) is 5.69 Å². The molecule has 0 radical (unpaired) electrons. The van der Waals surface area contributed by atoms with E-state index in [2.05, 4.69) is 20.3 Å². The lowest BCUT2D eigenvalue weighted by molar-refractivity contribution is 0.0858. The first-order chi connectivity index (χ1) is 13.4. The van der Waals surface area contributed by atoms with E-state index >= 15 is 0 Å². The summed E-state index contributed by atoms with van der Waals surface area (Å²) in [6.07, 6.45) is 3.44. The van der Waals surface area contributed by atoms with E-state index in [1.165, 1.54) is 6.20 Å². The van der Waals surface area contributed by atoms with E-state index in [-0.39, 0.29) is 25.4 Å². The van der Waals surface area contributed by atoms with Crippen molar-refractivity contribution in [1.82, 2.24) is 25.0 Å².